The van der Waals surface area contributed by atoms with Crippen LogP contribution in [0.1, 0.15) is 46.0 Å². The van der Waals surface area contributed by atoms with Crippen LogP contribution in [0.2, 0.25) is 0 Å². The van der Waals surface area contributed by atoms with E-state index in [4.69, 9.17) is 4.74 Å². The second kappa shape index (κ2) is 6.56. The molecular formula is C20H17NO6S. The third kappa shape index (κ3) is 3.09. The average Bonchev–Trinajstić information content (AvgIpc) is 3.50. The van der Waals surface area contributed by atoms with Crippen molar-refractivity contribution in [1.29, 1.82) is 0 Å². The summed E-state index contributed by atoms with van der Waals surface area (Å²) in [6.45, 7) is 1.45. The Bertz CT molecular complexity index is 1120. The highest BCUT2D eigenvalue weighted by Gasteiger charge is 2.35. The fourth-order valence-corrected chi connectivity index (χ4v) is 4.72. The fourth-order valence-electron chi connectivity index (χ4n) is 3.04. The van der Waals surface area contributed by atoms with Gasteiger partial charge in [0.25, 0.3) is 5.91 Å². The van der Waals surface area contributed by atoms with E-state index in [1.807, 2.05) is 0 Å². The zero-order valence-corrected chi connectivity index (χ0v) is 15.8. The van der Waals surface area contributed by atoms with Gasteiger partial charge in [-0.15, -0.1) is 0 Å². The molecule has 28 heavy (non-hydrogen) atoms. The van der Waals surface area contributed by atoms with Crippen LogP contribution in [0.4, 0.5) is 0 Å². The Balaban J connectivity index is 1.63. The second-order valence-corrected chi connectivity index (χ2v) is 8.76. The Morgan fingerprint density at radius 1 is 1.07 bits per heavy atom. The maximum Gasteiger partial charge on any atom is 0.338 e. The van der Waals surface area contributed by atoms with E-state index < -0.39 is 33.6 Å². The average molecular weight is 399 g/mol. The van der Waals surface area contributed by atoms with Gasteiger partial charge in [-0.25, -0.2) is 13.2 Å². The number of fused-ring (bicyclic) bond motifs is 2. The number of benzene rings is 2. The van der Waals surface area contributed by atoms with Gasteiger partial charge in [-0.2, -0.15) is 0 Å². The minimum Gasteiger partial charge on any atom is -0.449 e. The number of carbonyl (C=O) groups is 3. The predicted molar refractivity (Wildman–Crippen MR) is 97.8 cm³/mol. The third-order valence-electron chi connectivity index (χ3n) is 4.75. The van der Waals surface area contributed by atoms with Crippen LogP contribution >= 0.6 is 0 Å². The van der Waals surface area contributed by atoms with Gasteiger partial charge in [-0.05, 0) is 50.1 Å². The van der Waals surface area contributed by atoms with Gasteiger partial charge in [0.2, 0.25) is 9.84 Å². The summed E-state index contributed by atoms with van der Waals surface area (Å²) in [7, 11) is -3.95. The van der Waals surface area contributed by atoms with Crippen molar-refractivity contribution < 1.29 is 27.5 Å². The fraction of sp³-hybridized carbons (Fsp3) is 0.250. The number of rotatable bonds is 4. The van der Waals surface area contributed by atoms with Crippen molar-refractivity contribution in [2.75, 3.05) is 0 Å². The first-order valence-corrected chi connectivity index (χ1v) is 10.3. The Hall–Kier alpha value is -3.00. The molecule has 0 radical (unpaired) electrons. The van der Waals surface area contributed by atoms with Crippen molar-refractivity contribution in [2.24, 2.45) is 0 Å². The molecule has 1 aliphatic carbocycles. The summed E-state index contributed by atoms with van der Waals surface area (Å²) in [4.78, 5) is 36.6. The van der Waals surface area contributed by atoms with E-state index in [0.717, 1.165) is 18.9 Å². The van der Waals surface area contributed by atoms with E-state index in [2.05, 4.69) is 5.32 Å². The Kier molecular flexibility index (Phi) is 4.30. The van der Waals surface area contributed by atoms with Crippen molar-refractivity contribution in [3.63, 3.8) is 0 Å². The lowest BCUT2D eigenvalue weighted by Crippen LogP contribution is -2.37. The topological polar surface area (TPSA) is 107 Å². The van der Waals surface area contributed by atoms with Gasteiger partial charge < -0.3 is 10.1 Å². The molecule has 0 aromatic heterocycles. The van der Waals surface area contributed by atoms with Gasteiger partial charge in [0, 0.05) is 17.2 Å². The lowest BCUT2D eigenvalue weighted by Gasteiger charge is -2.19. The van der Waals surface area contributed by atoms with Gasteiger partial charge in [0.15, 0.2) is 11.9 Å². The van der Waals surface area contributed by atoms with E-state index in [9.17, 15) is 22.8 Å². The number of amides is 1. The maximum atomic E-state index is 12.9. The minimum absolute atomic E-state index is 0.00905. The maximum absolute atomic E-state index is 12.9. The van der Waals surface area contributed by atoms with Crippen molar-refractivity contribution in [1.82, 2.24) is 5.32 Å². The van der Waals surface area contributed by atoms with E-state index >= 15 is 0 Å². The van der Waals surface area contributed by atoms with E-state index in [0.29, 0.717) is 0 Å². The van der Waals surface area contributed by atoms with Crippen LogP contribution in [-0.2, 0) is 19.4 Å². The summed E-state index contributed by atoms with van der Waals surface area (Å²) < 4.78 is 31.0. The molecule has 2 aromatic carbocycles. The molecule has 1 amide bonds. The standard InChI is InChI=1S/C20H17NO6S/c1-11(19(23)21-13-7-8-13)27-20(24)12-6-9-15-17(10-12)28(25,26)16-5-3-2-4-14(16)18(15)22/h2-6,9-11,13H,7-8H2,1H3,(H,21,23)/t11-/m1/s1. The van der Waals surface area contributed by atoms with Crippen molar-refractivity contribution in [2.45, 2.75) is 41.7 Å². The predicted octanol–water partition coefficient (Wildman–Crippen LogP) is 1.89. The summed E-state index contributed by atoms with van der Waals surface area (Å²) in [5.74, 6) is -1.65. The van der Waals surface area contributed by atoms with Crippen LogP contribution in [0.5, 0.6) is 0 Å². The first kappa shape index (κ1) is 18.4. The van der Waals surface area contributed by atoms with Crippen LogP contribution in [0.3, 0.4) is 0 Å². The molecule has 1 atom stereocenters. The monoisotopic (exact) mass is 399 g/mol. The molecule has 8 heteroatoms. The lowest BCUT2D eigenvalue weighted by atomic mass is 10.0. The SMILES string of the molecule is C[C@@H](OC(=O)c1ccc2c(c1)S(=O)(=O)c1ccccc1C2=O)C(=O)NC1CC1. The number of hydrogen-bond donors (Lipinski definition) is 1. The first-order chi connectivity index (χ1) is 13.3. The highest BCUT2D eigenvalue weighted by atomic mass is 32.2. The molecule has 0 unspecified atom stereocenters. The van der Waals surface area contributed by atoms with Gasteiger partial charge >= 0.3 is 5.97 Å². The molecule has 2 aromatic rings. The molecule has 1 saturated carbocycles. The van der Waals surface area contributed by atoms with Gasteiger partial charge in [0.1, 0.15) is 0 Å². The number of hydrogen-bond acceptors (Lipinski definition) is 6. The molecule has 1 heterocycles. The third-order valence-corrected chi connectivity index (χ3v) is 6.60. The molecule has 2 aliphatic rings. The molecule has 1 N–H and O–H groups in total. The summed E-state index contributed by atoms with van der Waals surface area (Å²) >= 11 is 0. The number of nitrogens with one attached hydrogen (secondary N) is 1. The van der Waals surface area contributed by atoms with Crippen molar-refractivity contribution >= 4 is 27.5 Å². The molecule has 0 bridgehead atoms. The lowest BCUT2D eigenvalue weighted by molar-refractivity contribution is -0.129. The number of ether oxygens (including phenoxy) is 1. The van der Waals surface area contributed by atoms with Crippen LogP contribution < -0.4 is 5.32 Å². The van der Waals surface area contributed by atoms with Crippen LogP contribution in [0.25, 0.3) is 0 Å². The van der Waals surface area contributed by atoms with Gasteiger partial charge in [-0.3, -0.25) is 9.59 Å². The van der Waals surface area contributed by atoms with E-state index in [-0.39, 0.29) is 32.5 Å². The smallest absolute Gasteiger partial charge is 0.338 e. The zero-order valence-electron chi connectivity index (χ0n) is 15.0. The summed E-state index contributed by atoms with van der Waals surface area (Å²) in [5.41, 5.74) is 0.0750. The molecule has 1 fully saturated rings. The zero-order chi connectivity index (χ0) is 20.1. The highest BCUT2D eigenvalue weighted by Crippen LogP contribution is 2.34. The summed E-state index contributed by atoms with van der Waals surface area (Å²) in [6.07, 6.45) is 0.804. The number of esters is 1. The van der Waals surface area contributed by atoms with Gasteiger partial charge in [-0.1, -0.05) is 12.1 Å². The molecular weight excluding hydrogens is 382 g/mol. The minimum atomic E-state index is -3.95. The normalized spacial score (nSPS) is 17.8. The largest absolute Gasteiger partial charge is 0.449 e. The van der Waals surface area contributed by atoms with Gasteiger partial charge in [0.05, 0.1) is 15.4 Å². The molecule has 0 spiro atoms. The second-order valence-electron chi connectivity index (χ2n) is 6.87. The molecule has 1 aliphatic heterocycles. The number of ketones is 1. The molecule has 144 valence electrons. The summed E-state index contributed by atoms with van der Waals surface area (Å²) in [6, 6.07) is 9.84. The molecule has 7 nitrogen and oxygen atoms in total. The molecule has 4 rings (SSSR count). The Morgan fingerprint density at radius 3 is 2.46 bits per heavy atom. The quantitative estimate of drug-likeness (QED) is 0.672. The van der Waals surface area contributed by atoms with Crippen LogP contribution in [0.15, 0.2) is 52.3 Å². The highest BCUT2D eigenvalue weighted by molar-refractivity contribution is 7.91. The van der Waals surface area contributed by atoms with E-state index in [1.54, 1.807) is 6.07 Å². The van der Waals surface area contributed by atoms with E-state index in [1.165, 1.54) is 37.3 Å². The Morgan fingerprint density at radius 2 is 1.75 bits per heavy atom. The first-order valence-electron chi connectivity index (χ1n) is 8.83. The van der Waals surface area contributed by atoms with Crippen LogP contribution in [0, 0.1) is 0 Å². The Labute approximate surface area is 161 Å². The number of carbonyl (C=O) groups excluding carboxylic acids is 3. The summed E-state index contributed by atoms with van der Waals surface area (Å²) in [5, 5.41) is 2.73. The number of sulfone groups is 1. The van der Waals surface area contributed by atoms with Crippen LogP contribution in [-0.4, -0.2) is 38.2 Å². The van der Waals surface area contributed by atoms with Crippen molar-refractivity contribution in [3.8, 4) is 0 Å². The van der Waals surface area contributed by atoms with Crippen molar-refractivity contribution in [3.05, 3.63) is 59.2 Å². The molecule has 0 saturated heterocycles.